The number of amides is 4. The molecule has 9 heteroatoms. The van der Waals surface area contributed by atoms with Gasteiger partial charge < -0.3 is 9.47 Å². The standard InChI is InChI=1S/C24H25N3O6/c1-5-6-21(28)27(25-23(30)16-9-7-15(2)8-10-16)19-14-22(29)26(24(19)31)18-12-11-17(32-3)13-20(18)33-4/h5-13,19H,14H2,1-4H3,(H,25,30). The molecule has 1 saturated heterocycles. The lowest BCUT2D eigenvalue weighted by molar-refractivity contribution is -0.137. The summed E-state index contributed by atoms with van der Waals surface area (Å²) in [6.45, 7) is 3.52. The summed E-state index contributed by atoms with van der Waals surface area (Å²) in [5, 5.41) is 0.901. The smallest absolute Gasteiger partial charge is 0.269 e. The summed E-state index contributed by atoms with van der Waals surface area (Å²) in [4.78, 5) is 52.6. The summed E-state index contributed by atoms with van der Waals surface area (Å²) in [5.74, 6) is -1.66. The predicted molar refractivity (Wildman–Crippen MR) is 121 cm³/mol. The molecule has 1 aliphatic rings. The quantitative estimate of drug-likeness (QED) is 0.411. The Balaban J connectivity index is 1.93. The highest BCUT2D eigenvalue weighted by atomic mass is 16.5. The van der Waals surface area contributed by atoms with Crippen molar-refractivity contribution in [3.63, 3.8) is 0 Å². The van der Waals surface area contributed by atoms with Crippen LogP contribution in [0.5, 0.6) is 11.5 Å². The SMILES string of the molecule is CC=CC(=O)N(NC(=O)c1ccc(C)cc1)C1CC(=O)N(c2ccc(OC)cc2OC)C1=O. The summed E-state index contributed by atoms with van der Waals surface area (Å²) in [7, 11) is 2.89. The van der Waals surface area contributed by atoms with Crippen molar-refractivity contribution in [1.82, 2.24) is 10.4 Å². The van der Waals surface area contributed by atoms with Crippen molar-refractivity contribution < 1.29 is 28.7 Å². The van der Waals surface area contributed by atoms with Gasteiger partial charge in [0.1, 0.15) is 17.5 Å². The van der Waals surface area contributed by atoms with Crippen LogP contribution in [0.1, 0.15) is 29.3 Å². The van der Waals surface area contributed by atoms with Crippen LogP contribution in [0.3, 0.4) is 0 Å². The number of ether oxygens (including phenoxy) is 2. The van der Waals surface area contributed by atoms with Crippen molar-refractivity contribution in [3.8, 4) is 11.5 Å². The Bertz CT molecular complexity index is 1110. The number of carbonyl (C=O) groups is 4. The Labute approximate surface area is 191 Å². The maximum absolute atomic E-state index is 13.3. The summed E-state index contributed by atoms with van der Waals surface area (Å²) in [5.41, 5.74) is 3.99. The Hall–Kier alpha value is -4.14. The molecule has 1 atom stereocenters. The van der Waals surface area contributed by atoms with Gasteiger partial charge in [-0.15, -0.1) is 0 Å². The van der Waals surface area contributed by atoms with Gasteiger partial charge in [0, 0.05) is 17.7 Å². The lowest BCUT2D eigenvalue weighted by atomic mass is 10.1. The van der Waals surface area contributed by atoms with E-state index in [1.807, 2.05) is 6.92 Å². The molecule has 0 aliphatic carbocycles. The molecule has 1 N–H and O–H groups in total. The maximum atomic E-state index is 13.3. The van der Waals surface area contributed by atoms with Crippen LogP contribution < -0.4 is 19.8 Å². The average molecular weight is 451 g/mol. The fourth-order valence-electron chi connectivity index (χ4n) is 3.43. The minimum absolute atomic E-state index is 0.221. The van der Waals surface area contributed by atoms with Crippen molar-refractivity contribution in [2.45, 2.75) is 26.3 Å². The number of allylic oxidation sites excluding steroid dienone is 1. The van der Waals surface area contributed by atoms with Crippen molar-refractivity contribution >= 4 is 29.3 Å². The van der Waals surface area contributed by atoms with E-state index in [9.17, 15) is 19.2 Å². The second-order valence-electron chi connectivity index (χ2n) is 7.34. The first-order chi connectivity index (χ1) is 15.8. The number of hydrogen-bond acceptors (Lipinski definition) is 6. The van der Waals surface area contributed by atoms with Crippen molar-refractivity contribution in [1.29, 1.82) is 0 Å². The minimum atomic E-state index is -1.22. The first kappa shape index (κ1) is 23.5. The molecular formula is C24H25N3O6. The molecule has 1 heterocycles. The van der Waals surface area contributed by atoms with Crippen LogP contribution in [0.15, 0.2) is 54.6 Å². The number of imide groups is 1. The molecule has 1 unspecified atom stereocenters. The number of rotatable bonds is 6. The number of methoxy groups -OCH3 is 2. The van der Waals surface area contributed by atoms with Gasteiger partial charge >= 0.3 is 0 Å². The van der Waals surface area contributed by atoms with Crippen LogP contribution in [0.25, 0.3) is 0 Å². The highest BCUT2D eigenvalue weighted by molar-refractivity contribution is 6.24. The molecule has 0 radical (unpaired) electrons. The number of nitrogens with zero attached hydrogens (tertiary/aromatic N) is 2. The van der Waals surface area contributed by atoms with Crippen molar-refractivity contribution in [3.05, 3.63) is 65.7 Å². The molecule has 2 aromatic carbocycles. The Morgan fingerprint density at radius 2 is 1.79 bits per heavy atom. The first-order valence-electron chi connectivity index (χ1n) is 10.2. The van der Waals surface area contributed by atoms with Crippen LogP contribution >= 0.6 is 0 Å². The fraction of sp³-hybridized carbons (Fsp3) is 0.250. The molecule has 1 fully saturated rings. The molecule has 0 saturated carbocycles. The predicted octanol–water partition coefficient (Wildman–Crippen LogP) is 2.39. The van der Waals surface area contributed by atoms with E-state index in [1.165, 1.54) is 32.4 Å². The molecule has 33 heavy (non-hydrogen) atoms. The number of hydrazine groups is 1. The third-order valence-corrected chi connectivity index (χ3v) is 5.14. The molecule has 3 rings (SSSR count). The van der Waals surface area contributed by atoms with Crippen LogP contribution in [0.4, 0.5) is 5.69 Å². The molecule has 4 amide bonds. The van der Waals surface area contributed by atoms with Gasteiger partial charge in [-0.1, -0.05) is 23.8 Å². The molecule has 1 aliphatic heterocycles. The van der Waals surface area contributed by atoms with E-state index in [0.29, 0.717) is 11.3 Å². The Kier molecular flexibility index (Phi) is 7.12. The highest BCUT2D eigenvalue weighted by Gasteiger charge is 2.45. The monoisotopic (exact) mass is 451 g/mol. The number of nitrogens with one attached hydrogen (secondary N) is 1. The number of hydrogen-bond donors (Lipinski definition) is 1. The van der Waals surface area contributed by atoms with Gasteiger partial charge in [0.15, 0.2) is 0 Å². The van der Waals surface area contributed by atoms with Gasteiger partial charge in [0.2, 0.25) is 5.91 Å². The zero-order valence-electron chi connectivity index (χ0n) is 18.8. The third-order valence-electron chi connectivity index (χ3n) is 5.14. The largest absolute Gasteiger partial charge is 0.497 e. The second kappa shape index (κ2) is 9.99. The highest BCUT2D eigenvalue weighted by Crippen LogP contribution is 2.35. The first-order valence-corrected chi connectivity index (χ1v) is 10.2. The molecule has 172 valence electrons. The van der Waals surface area contributed by atoms with E-state index in [-0.39, 0.29) is 17.9 Å². The lowest BCUT2D eigenvalue weighted by Crippen LogP contribution is -2.54. The molecular weight excluding hydrogens is 426 g/mol. The zero-order valence-corrected chi connectivity index (χ0v) is 18.8. The van der Waals surface area contributed by atoms with Crippen molar-refractivity contribution in [2.24, 2.45) is 0 Å². The molecule has 0 aromatic heterocycles. The molecule has 9 nitrogen and oxygen atoms in total. The summed E-state index contributed by atoms with van der Waals surface area (Å²) < 4.78 is 10.5. The zero-order chi connectivity index (χ0) is 24.1. The van der Waals surface area contributed by atoms with Gasteiger partial charge in [-0.05, 0) is 38.1 Å². The van der Waals surface area contributed by atoms with E-state index in [4.69, 9.17) is 9.47 Å². The lowest BCUT2D eigenvalue weighted by Gasteiger charge is -2.27. The normalized spacial score (nSPS) is 15.6. The van der Waals surface area contributed by atoms with Gasteiger partial charge in [-0.2, -0.15) is 0 Å². The van der Waals surface area contributed by atoms with Crippen LogP contribution in [0.2, 0.25) is 0 Å². The summed E-state index contributed by atoms with van der Waals surface area (Å²) in [6, 6.07) is 10.2. The minimum Gasteiger partial charge on any atom is -0.497 e. The van der Waals surface area contributed by atoms with E-state index in [0.717, 1.165) is 15.5 Å². The molecule has 2 aromatic rings. The van der Waals surface area contributed by atoms with Crippen LogP contribution in [-0.4, -0.2) is 48.9 Å². The number of anilines is 1. The van der Waals surface area contributed by atoms with Gasteiger partial charge in [-0.3, -0.25) is 24.6 Å². The van der Waals surface area contributed by atoms with E-state index < -0.39 is 29.7 Å². The molecule has 0 spiro atoms. The van der Waals surface area contributed by atoms with E-state index in [2.05, 4.69) is 5.43 Å². The van der Waals surface area contributed by atoms with Crippen LogP contribution in [0, 0.1) is 6.92 Å². The van der Waals surface area contributed by atoms with E-state index >= 15 is 0 Å². The van der Waals surface area contributed by atoms with E-state index in [1.54, 1.807) is 43.3 Å². The summed E-state index contributed by atoms with van der Waals surface area (Å²) in [6.07, 6.45) is 2.40. The molecule has 0 bridgehead atoms. The Morgan fingerprint density at radius 3 is 2.39 bits per heavy atom. The third kappa shape index (κ3) is 4.87. The average Bonchev–Trinajstić information content (AvgIpc) is 3.10. The van der Waals surface area contributed by atoms with Crippen LogP contribution in [-0.2, 0) is 14.4 Å². The van der Waals surface area contributed by atoms with Gasteiger partial charge in [0.05, 0.1) is 26.3 Å². The topological polar surface area (TPSA) is 105 Å². The maximum Gasteiger partial charge on any atom is 0.269 e. The van der Waals surface area contributed by atoms with Gasteiger partial charge in [-0.25, -0.2) is 9.91 Å². The number of carbonyl (C=O) groups excluding carboxylic acids is 4. The second-order valence-corrected chi connectivity index (χ2v) is 7.34. The fourth-order valence-corrected chi connectivity index (χ4v) is 3.43. The Morgan fingerprint density at radius 1 is 1.09 bits per heavy atom. The van der Waals surface area contributed by atoms with Crippen molar-refractivity contribution in [2.75, 3.05) is 19.1 Å². The number of benzene rings is 2. The van der Waals surface area contributed by atoms with Gasteiger partial charge in [0.25, 0.3) is 17.7 Å². The number of aryl methyl sites for hydroxylation is 1. The summed E-state index contributed by atoms with van der Waals surface area (Å²) >= 11 is 0.